The van der Waals surface area contributed by atoms with Crippen molar-refractivity contribution in [2.75, 3.05) is 11.9 Å². The molecular weight excluding hydrogens is 359 g/mol. The number of ether oxygens (including phenoxy) is 1. The molecule has 0 aromatic heterocycles. The van der Waals surface area contributed by atoms with Crippen LogP contribution in [0.2, 0.25) is 0 Å². The Morgan fingerprint density at radius 3 is 2.29 bits per heavy atom. The van der Waals surface area contributed by atoms with E-state index in [-0.39, 0.29) is 18.3 Å². The summed E-state index contributed by atoms with van der Waals surface area (Å²) in [5.74, 6) is -0.781. The topological polar surface area (TPSA) is 67.4 Å². The van der Waals surface area contributed by atoms with Gasteiger partial charge in [-0.05, 0) is 42.0 Å². The number of hydrogen-bond acceptors (Lipinski definition) is 3. The molecule has 0 saturated heterocycles. The molecule has 142 valence electrons. The minimum absolute atomic E-state index is 0.277. The molecule has 28 heavy (non-hydrogen) atoms. The predicted molar refractivity (Wildman–Crippen MR) is 105 cm³/mol. The number of benzene rings is 3. The molecule has 3 aromatic carbocycles. The quantitative estimate of drug-likeness (QED) is 0.658. The Bertz CT molecular complexity index is 944. The van der Waals surface area contributed by atoms with Gasteiger partial charge >= 0.3 is 0 Å². The van der Waals surface area contributed by atoms with Gasteiger partial charge in [-0.25, -0.2) is 4.39 Å². The van der Waals surface area contributed by atoms with Crippen LogP contribution in [0.4, 0.5) is 10.1 Å². The van der Waals surface area contributed by atoms with Crippen LogP contribution < -0.4 is 15.4 Å². The molecule has 0 saturated carbocycles. The third kappa shape index (κ3) is 5.41. The molecule has 0 unspecified atom stereocenters. The van der Waals surface area contributed by atoms with E-state index in [0.29, 0.717) is 23.5 Å². The van der Waals surface area contributed by atoms with E-state index in [1.165, 1.54) is 24.3 Å². The van der Waals surface area contributed by atoms with Crippen LogP contribution in [0.25, 0.3) is 0 Å². The number of nitrogens with one attached hydrogen (secondary N) is 2. The molecular formula is C22H19FN2O3. The number of halogens is 1. The van der Waals surface area contributed by atoms with Crippen LogP contribution in [0.3, 0.4) is 0 Å². The standard InChI is InChI=1S/C22H19FN2O3/c23-17-10-12-18(13-11-17)25-21(26)15-28-20-9-5-4-8-19(20)22(27)24-14-16-6-2-1-3-7-16/h1-13H,14-15H2,(H,24,27)(H,25,26). The van der Waals surface area contributed by atoms with Crippen molar-refractivity contribution in [3.8, 4) is 5.75 Å². The third-order valence-corrected chi connectivity index (χ3v) is 3.91. The Morgan fingerprint density at radius 2 is 1.54 bits per heavy atom. The van der Waals surface area contributed by atoms with Crippen molar-refractivity contribution < 1.29 is 18.7 Å². The maximum atomic E-state index is 12.9. The second kappa shape index (κ2) is 9.32. The largest absolute Gasteiger partial charge is 0.483 e. The SMILES string of the molecule is O=C(COc1ccccc1C(=O)NCc1ccccc1)Nc1ccc(F)cc1. The molecule has 0 aliphatic heterocycles. The van der Waals surface area contributed by atoms with Gasteiger partial charge in [0.2, 0.25) is 0 Å². The molecule has 2 N–H and O–H groups in total. The molecule has 0 fully saturated rings. The molecule has 3 aromatic rings. The van der Waals surface area contributed by atoms with Crippen molar-refractivity contribution in [2.45, 2.75) is 6.54 Å². The molecule has 2 amide bonds. The summed E-state index contributed by atoms with van der Waals surface area (Å²) >= 11 is 0. The minimum atomic E-state index is -0.411. The van der Waals surface area contributed by atoms with E-state index in [1.54, 1.807) is 24.3 Å². The summed E-state index contributed by atoms with van der Waals surface area (Å²) in [6.07, 6.45) is 0. The molecule has 3 rings (SSSR count). The average Bonchev–Trinajstić information content (AvgIpc) is 2.73. The van der Waals surface area contributed by atoms with Crippen molar-refractivity contribution in [1.82, 2.24) is 5.32 Å². The maximum Gasteiger partial charge on any atom is 0.262 e. The fourth-order valence-corrected chi connectivity index (χ4v) is 2.53. The molecule has 0 spiro atoms. The first-order valence-electron chi connectivity index (χ1n) is 8.71. The van der Waals surface area contributed by atoms with Crippen LogP contribution in [-0.2, 0) is 11.3 Å². The van der Waals surface area contributed by atoms with Gasteiger partial charge in [0.25, 0.3) is 11.8 Å². The molecule has 0 aliphatic rings. The maximum absolute atomic E-state index is 12.9. The lowest BCUT2D eigenvalue weighted by molar-refractivity contribution is -0.118. The lowest BCUT2D eigenvalue weighted by atomic mass is 10.1. The first kappa shape index (κ1) is 19.1. The number of carbonyl (C=O) groups is 2. The lowest BCUT2D eigenvalue weighted by Crippen LogP contribution is -2.25. The normalized spacial score (nSPS) is 10.2. The third-order valence-electron chi connectivity index (χ3n) is 3.91. The molecule has 0 aliphatic carbocycles. The van der Waals surface area contributed by atoms with Gasteiger partial charge in [-0.1, -0.05) is 42.5 Å². The van der Waals surface area contributed by atoms with Crippen molar-refractivity contribution in [3.63, 3.8) is 0 Å². The van der Waals surface area contributed by atoms with Gasteiger partial charge in [0.15, 0.2) is 6.61 Å². The highest BCUT2D eigenvalue weighted by atomic mass is 19.1. The van der Waals surface area contributed by atoms with Crippen molar-refractivity contribution in [1.29, 1.82) is 0 Å². The predicted octanol–water partition coefficient (Wildman–Crippen LogP) is 3.77. The summed E-state index contributed by atoms with van der Waals surface area (Å²) in [5.41, 5.74) is 1.78. The zero-order valence-corrected chi connectivity index (χ0v) is 15.0. The molecule has 5 nitrogen and oxygen atoms in total. The Balaban J connectivity index is 1.57. The summed E-state index contributed by atoms with van der Waals surface area (Å²) < 4.78 is 18.4. The number of carbonyl (C=O) groups excluding carboxylic acids is 2. The second-order valence-electron chi connectivity index (χ2n) is 6.01. The smallest absolute Gasteiger partial charge is 0.262 e. The molecule has 6 heteroatoms. The highest BCUT2D eigenvalue weighted by Gasteiger charge is 2.13. The Kier molecular flexibility index (Phi) is 6.36. The molecule has 0 heterocycles. The van der Waals surface area contributed by atoms with Crippen LogP contribution in [0.15, 0.2) is 78.9 Å². The Hall–Kier alpha value is -3.67. The highest BCUT2D eigenvalue weighted by molar-refractivity contribution is 5.97. The number of hydrogen-bond donors (Lipinski definition) is 2. The minimum Gasteiger partial charge on any atom is -0.483 e. The second-order valence-corrected chi connectivity index (χ2v) is 6.01. The summed E-state index contributed by atoms with van der Waals surface area (Å²) in [6, 6.07) is 21.7. The monoisotopic (exact) mass is 378 g/mol. The van der Waals surface area contributed by atoms with E-state index in [0.717, 1.165) is 5.56 Å². The lowest BCUT2D eigenvalue weighted by Gasteiger charge is -2.12. The van der Waals surface area contributed by atoms with Crippen molar-refractivity contribution in [2.24, 2.45) is 0 Å². The summed E-state index contributed by atoms with van der Waals surface area (Å²) in [7, 11) is 0. The fraction of sp³-hybridized carbons (Fsp3) is 0.0909. The zero-order chi connectivity index (χ0) is 19.8. The summed E-state index contributed by atoms with van der Waals surface area (Å²) in [6.45, 7) is 0.111. The molecule has 0 atom stereocenters. The van der Waals surface area contributed by atoms with Gasteiger partial charge in [-0.2, -0.15) is 0 Å². The van der Waals surface area contributed by atoms with Gasteiger partial charge in [-0.3, -0.25) is 9.59 Å². The Labute approximate surface area is 162 Å². The molecule has 0 radical (unpaired) electrons. The van der Waals surface area contributed by atoms with Crippen LogP contribution in [-0.4, -0.2) is 18.4 Å². The number of anilines is 1. The van der Waals surface area contributed by atoms with E-state index in [4.69, 9.17) is 4.74 Å². The first-order chi connectivity index (χ1) is 13.6. The van der Waals surface area contributed by atoms with E-state index in [9.17, 15) is 14.0 Å². The van der Waals surface area contributed by atoms with E-state index < -0.39 is 5.91 Å². The van der Waals surface area contributed by atoms with Gasteiger partial charge in [0.05, 0.1) is 5.56 Å². The van der Waals surface area contributed by atoms with E-state index >= 15 is 0 Å². The van der Waals surface area contributed by atoms with Crippen LogP contribution >= 0.6 is 0 Å². The average molecular weight is 378 g/mol. The highest BCUT2D eigenvalue weighted by Crippen LogP contribution is 2.18. The zero-order valence-electron chi connectivity index (χ0n) is 15.0. The van der Waals surface area contributed by atoms with Crippen molar-refractivity contribution in [3.05, 3.63) is 95.8 Å². The van der Waals surface area contributed by atoms with Gasteiger partial charge in [-0.15, -0.1) is 0 Å². The van der Waals surface area contributed by atoms with E-state index in [2.05, 4.69) is 10.6 Å². The van der Waals surface area contributed by atoms with Gasteiger partial charge < -0.3 is 15.4 Å². The number of amides is 2. The Morgan fingerprint density at radius 1 is 0.857 bits per heavy atom. The number of para-hydroxylation sites is 1. The van der Waals surface area contributed by atoms with Gasteiger partial charge in [0.1, 0.15) is 11.6 Å². The van der Waals surface area contributed by atoms with Gasteiger partial charge in [0, 0.05) is 12.2 Å². The van der Waals surface area contributed by atoms with E-state index in [1.807, 2.05) is 30.3 Å². The van der Waals surface area contributed by atoms with Crippen LogP contribution in [0.1, 0.15) is 15.9 Å². The van der Waals surface area contributed by atoms with Crippen molar-refractivity contribution >= 4 is 17.5 Å². The molecule has 0 bridgehead atoms. The summed E-state index contributed by atoms with van der Waals surface area (Å²) in [5, 5.41) is 5.44. The fourth-order valence-electron chi connectivity index (χ4n) is 2.53. The number of rotatable bonds is 7. The van der Waals surface area contributed by atoms with Crippen LogP contribution in [0, 0.1) is 5.82 Å². The summed E-state index contributed by atoms with van der Waals surface area (Å²) in [4.78, 5) is 24.5. The van der Waals surface area contributed by atoms with Crippen LogP contribution in [0.5, 0.6) is 5.75 Å². The first-order valence-corrected chi connectivity index (χ1v) is 8.71.